The Morgan fingerprint density at radius 2 is 2.00 bits per heavy atom. The molecule has 1 fully saturated rings. The minimum absolute atomic E-state index is 0.526. The molecule has 17 heavy (non-hydrogen) atoms. The van der Waals surface area contributed by atoms with Crippen molar-refractivity contribution in [3.05, 3.63) is 35.4 Å². The van der Waals surface area contributed by atoms with Crippen LogP contribution in [-0.2, 0) is 6.42 Å². The lowest BCUT2D eigenvalue weighted by molar-refractivity contribution is 0.202. The summed E-state index contributed by atoms with van der Waals surface area (Å²) in [5.41, 5.74) is 3.07. The summed E-state index contributed by atoms with van der Waals surface area (Å²) >= 11 is 0. The first-order chi connectivity index (χ1) is 8.36. The van der Waals surface area contributed by atoms with Crippen molar-refractivity contribution in [1.82, 2.24) is 10.2 Å². The van der Waals surface area contributed by atoms with Gasteiger partial charge in [-0.25, -0.2) is 0 Å². The van der Waals surface area contributed by atoms with Gasteiger partial charge >= 0.3 is 0 Å². The molecule has 2 aliphatic rings. The second-order valence-corrected chi connectivity index (χ2v) is 5.36. The summed E-state index contributed by atoms with van der Waals surface area (Å²) in [7, 11) is 0. The van der Waals surface area contributed by atoms with Crippen LogP contribution in [0.4, 0.5) is 0 Å². The third kappa shape index (κ3) is 2.12. The van der Waals surface area contributed by atoms with Gasteiger partial charge in [-0.05, 0) is 56.9 Å². The molecule has 1 aromatic rings. The third-order valence-electron chi connectivity index (χ3n) is 4.35. The highest BCUT2D eigenvalue weighted by Gasteiger charge is 2.29. The smallest absolute Gasteiger partial charge is 0.0478 e. The Morgan fingerprint density at radius 3 is 2.82 bits per heavy atom. The molecule has 2 unspecified atom stereocenters. The van der Waals surface area contributed by atoms with Gasteiger partial charge < -0.3 is 5.32 Å². The SMILES string of the molecule is CC(C1NCCc2ccccc21)N1CCCC1. The van der Waals surface area contributed by atoms with Crippen molar-refractivity contribution >= 4 is 0 Å². The molecule has 2 atom stereocenters. The van der Waals surface area contributed by atoms with Crippen molar-refractivity contribution in [2.24, 2.45) is 0 Å². The van der Waals surface area contributed by atoms with Crippen molar-refractivity contribution in [2.45, 2.75) is 38.3 Å². The normalized spacial score (nSPS) is 26.8. The summed E-state index contributed by atoms with van der Waals surface area (Å²) in [4.78, 5) is 2.64. The molecule has 1 saturated heterocycles. The van der Waals surface area contributed by atoms with Crippen LogP contribution in [0.15, 0.2) is 24.3 Å². The molecule has 0 aliphatic carbocycles. The van der Waals surface area contributed by atoms with Crippen LogP contribution in [0.5, 0.6) is 0 Å². The molecule has 1 N–H and O–H groups in total. The molecule has 2 nitrogen and oxygen atoms in total. The molecule has 2 heterocycles. The Labute approximate surface area is 104 Å². The zero-order valence-electron chi connectivity index (χ0n) is 10.7. The maximum absolute atomic E-state index is 3.71. The summed E-state index contributed by atoms with van der Waals surface area (Å²) in [6.45, 7) is 6.06. The van der Waals surface area contributed by atoms with Gasteiger partial charge in [0.15, 0.2) is 0 Å². The minimum atomic E-state index is 0.526. The van der Waals surface area contributed by atoms with Gasteiger partial charge in [-0.2, -0.15) is 0 Å². The highest BCUT2D eigenvalue weighted by atomic mass is 15.2. The molecule has 92 valence electrons. The minimum Gasteiger partial charge on any atom is -0.308 e. The fraction of sp³-hybridized carbons (Fsp3) is 0.600. The lowest BCUT2D eigenvalue weighted by Crippen LogP contribution is -2.44. The number of fused-ring (bicyclic) bond motifs is 1. The van der Waals surface area contributed by atoms with Gasteiger partial charge in [-0.15, -0.1) is 0 Å². The van der Waals surface area contributed by atoms with E-state index < -0.39 is 0 Å². The Bertz CT molecular complexity index is 382. The number of hydrogen-bond acceptors (Lipinski definition) is 2. The van der Waals surface area contributed by atoms with E-state index in [0.717, 1.165) is 6.54 Å². The maximum atomic E-state index is 3.71. The van der Waals surface area contributed by atoms with E-state index >= 15 is 0 Å². The first-order valence-electron chi connectivity index (χ1n) is 6.91. The fourth-order valence-electron chi connectivity index (χ4n) is 3.33. The lowest BCUT2D eigenvalue weighted by atomic mass is 9.90. The van der Waals surface area contributed by atoms with E-state index in [4.69, 9.17) is 0 Å². The molecule has 0 bridgehead atoms. The zero-order valence-corrected chi connectivity index (χ0v) is 10.7. The van der Waals surface area contributed by atoms with Crippen molar-refractivity contribution in [3.63, 3.8) is 0 Å². The molecular formula is C15H22N2. The molecule has 1 aromatic carbocycles. The van der Waals surface area contributed by atoms with Crippen LogP contribution >= 0.6 is 0 Å². The zero-order chi connectivity index (χ0) is 11.7. The van der Waals surface area contributed by atoms with E-state index in [-0.39, 0.29) is 0 Å². The Hall–Kier alpha value is -0.860. The average Bonchev–Trinajstić information content (AvgIpc) is 2.91. The topological polar surface area (TPSA) is 15.3 Å². The predicted molar refractivity (Wildman–Crippen MR) is 71.2 cm³/mol. The molecule has 2 heteroatoms. The first-order valence-corrected chi connectivity index (χ1v) is 6.91. The summed E-state index contributed by atoms with van der Waals surface area (Å²) in [5.74, 6) is 0. The van der Waals surface area contributed by atoms with Crippen molar-refractivity contribution in [3.8, 4) is 0 Å². The standard InChI is InChI=1S/C15H22N2/c1-12(17-10-4-5-11-17)15-14-7-3-2-6-13(14)8-9-16-15/h2-3,6-7,12,15-16H,4-5,8-11H2,1H3. The van der Waals surface area contributed by atoms with Gasteiger partial charge in [0.05, 0.1) is 0 Å². The molecule has 2 aliphatic heterocycles. The third-order valence-corrected chi connectivity index (χ3v) is 4.35. The number of benzene rings is 1. The fourth-order valence-corrected chi connectivity index (χ4v) is 3.33. The largest absolute Gasteiger partial charge is 0.308 e. The van der Waals surface area contributed by atoms with Crippen LogP contribution in [0.1, 0.15) is 36.9 Å². The predicted octanol–water partition coefficient (Wildman–Crippen LogP) is 2.36. The highest BCUT2D eigenvalue weighted by molar-refractivity contribution is 5.33. The Kier molecular flexibility index (Phi) is 3.17. The summed E-state index contributed by atoms with van der Waals surface area (Å²) in [5, 5.41) is 3.71. The summed E-state index contributed by atoms with van der Waals surface area (Å²) in [6, 6.07) is 10.1. The van der Waals surface area contributed by atoms with Gasteiger partial charge in [0.1, 0.15) is 0 Å². The van der Waals surface area contributed by atoms with Crippen LogP contribution in [-0.4, -0.2) is 30.6 Å². The van der Waals surface area contributed by atoms with E-state index in [1.807, 2.05) is 0 Å². The highest BCUT2D eigenvalue weighted by Crippen LogP contribution is 2.29. The van der Waals surface area contributed by atoms with E-state index in [9.17, 15) is 0 Å². The molecule has 0 amide bonds. The van der Waals surface area contributed by atoms with E-state index in [2.05, 4.69) is 41.4 Å². The number of likely N-dealkylation sites (tertiary alicyclic amines) is 1. The van der Waals surface area contributed by atoms with Crippen LogP contribution in [0, 0.1) is 0 Å². The van der Waals surface area contributed by atoms with E-state index in [0.29, 0.717) is 12.1 Å². The van der Waals surface area contributed by atoms with Crippen LogP contribution < -0.4 is 5.32 Å². The monoisotopic (exact) mass is 230 g/mol. The van der Waals surface area contributed by atoms with Crippen LogP contribution in [0.2, 0.25) is 0 Å². The maximum Gasteiger partial charge on any atom is 0.0478 e. The van der Waals surface area contributed by atoms with Gasteiger partial charge in [-0.3, -0.25) is 4.90 Å². The molecule has 0 radical (unpaired) electrons. The Morgan fingerprint density at radius 1 is 1.24 bits per heavy atom. The van der Waals surface area contributed by atoms with Gasteiger partial charge in [0, 0.05) is 12.1 Å². The number of nitrogens with one attached hydrogen (secondary N) is 1. The molecule has 0 spiro atoms. The average molecular weight is 230 g/mol. The summed E-state index contributed by atoms with van der Waals surface area (Å²) in [6.07, 6.45) is 3.93. The van der Waals surface area contributed by atoms with Crippen LogP contribution in [0.25, 0.3) is 0 Å². The van der Waals surface area contributed by atoms with Crippen molar-refractivity contribution in [2.75, 3.05) is 19.6 Å². The first kappa shape index (κ1) is 11.2. The number of rotatable bonds is 2. The second kappa shape index (κ2) is 4.79. The van der Waals surface area contributed by atoms with Crippen LogP contribution in [0.3, 0.4) is 0 Å². The molecule has 0 aromatic heterocycles. The number of hydrogen-bond donors (Lipinski definition) is 1. The van der Waals surface area contributed by atoms with Gasteiger partial charge in [0.25, 0.3) is 0 Å². The quantitative estimate of drug-likeness (QED) is 0.839. The number of nitrogens with zero attached hydrogens (tertiary/aromatic N) is 1. The Balaban J connectivity index is 1.84. The summed E-state index contributed by atoms with van der Waals surface area (Å²) < 4.78 is 0. The van der Waals surface area contributed by atoms with Gasteiger partial charge in [-0.1, -0.05) is 24.3 Å². The van der Waals surface area contributed by atoms with E-state index in [1.54, 1.807) is 5.56 Å². The lowest BCUT2D eigenvalue weighted by Gasteiger charge is -2.36. The molecular weight excluding hydrogens is 208 g/mol. The molecule has 0 saturated carbocycles. The van der Waals surface area contributed by atoms with Crippen molar-refractivity contribution in [1.29, 1.82) is 0 Å². The molecule has 3 rings (SSSR count). The van der Waals surface area contributed by atoms with E-state index in [1.165, 1.54) is 37.9 Å². The van der Waals surface area contributed by atoms with Crippen molar-refractivity contribution < 1.29 is 0 Å². The second-order valence-electron chi connectivity index (χ2n) is 5.36. The van der Waals surface area contributed by atoms with Gasteiger partial charge in [0.2, 0.25) is 0 Å².